The van der Waals surface area contributed by atoms with Crippen LogP contribution < -0.4 is 9.64 Å². The predicted molar refractivity (Wildman–Crippen MR) is 168 cm³/mol. The average molecular weight is 560 g/mol. The number of aryl methyl sites for hydroxylation is 1. The van der Waals surface area contributed by atoms with Gasteiger partial charge in [-0.05, 0) is 94.3 Å². The number of likely N-dealkylation sites (N-methyl/N-ethyl adjacent to an activating group) is 1. The zero-order chi connectivity index (χ0) is 28.9. The first-order valence-electron chi connectivity index (χ1n) is 15.8. The lowest BCUT2D eigenvalue weighted by molar-refractivity contribution is 0.0740. The molecule has 0 N–H and O–H groups in total. The van der Waals surface area contributed by atoms with Crippen molar-refractivity contribution in [1.82, 2.24) is 19.2 Å². The van der Waals surface area contributed by atoms with E-state index in [2.05, 4.69) is 72.0 Å². The van der Waals surface area contributed by atoms with Crippen LogP contribution in [0.2, 0.25) is 0 Å². The zero-order valence-electron chi connectivity index (χ0n) is 25.9. The predicted octanol–water partition coefficient (Wildman–Crippen LogP) is 6.39. The van der Waals surface area contributed by atoms with Crippen molar-refractivity contribution < 1.29 is 9.53 Å². The van der Waals surface area contributed by atoms with Gasteiger partial charge >= 0.3 is 0 Å². The van der Waals surface area contributed by atoms with Gasteiger partial charge in [0.15, 0.2) is 0 Å². The number of rotatable bonds is 12. The Balaban J connectivity index is 1.48. The van der Waals surface area contributed by atoms with Crippen LogP contribution in [0.1, 0.15) is 75.9 Å². The number of ether oxygens (including phenoxy) is 1. The van der Waals surface area contributed by atoms with Gasteiger partial charge in [-0.1, -0.05) is 33.8 Å². The van der Waals surface area contributed by atoms with Crippen LogP contribution in [0.4, 0.5) is 5.69 Å². The number of carbonyl (C=O) groups is 1. The fourth-order valence-corrected chi connectivity index (χ4v) is 6.00. The first-order chi connectivity index (χ1) is 19.8. The van der Waals surface area contributed by atoms with E-state index >= 15 is 0 Å². The van der Waals surface area contributed by atoms with Crippen molar-refractivity contribution in [3.8, 4) is 17.0 Å². The van der Waals surface area contributed by atoms with E-state index < -0.39 is 0 Å². The molecule has 3 aromatic rings. The fourth-order valence-electron chi connectivity index (χ4n) is 6.00. The Kier molecular flexibility index (Phi) is 9.53. The number of hydrogen-bond donors (Lipinski definition) is 0. The van der Waals surface area contributed by atoms with Gasteiger partial charge in [0, 0.05) is 31.9 Å². The summed E-state index contributed by atoms with van der Waals surface area (Å²) >= 11 is 0. The molecule has 222 valence electrons. The largest absolute Gasteiger partial charge is 0.490 e. The third kappa shape index (κ3) is 7.06. The van der Waals surface area contributed by atoms with Crippen molar-refractivity contribution in [3.05, 3.63) is 47.8 Å². The first-order valence-corrected chi connectivity index (χ1v) is 15.8. The number of carbonyl (C=O) groups excluding carboxylic acids is 1. The molecule has 0 saturated carbocycles. The van der Waals surface area contributed by atoms with Crippen molar-refractivity contribution in [2.75, 3.05) is 57.8 Å². The molecule has 7 heteroatoms. The highest BCUT2D eigenvalue weighted by Crippen LogP contribution is 2.36. The monoisotopic (exact) mass is 559 g/mol. The molecule has 2 aliphatic rings. The van der Waals surface area contributed by atoms with Crippen LogP contribution >= 0.6 is 0 Å². The Morgan fingerprint density at radius 3 is 2.44 bits per heavy atom. The highest BCUT2D eigenvalue weighted by molar-refractivity contribution is 5.94. The number of aromatic nitrogens is 2. The molecule has 5 rings (SSSR count). The second kappa shape index (κ2) is 13.3. The smallest absolute Gasteiger partial charge is 0.255 e. The van der Waals surface area contributed by atoms with Gasteiger partial charge < -0.3 is 23.8 Å². The van der Waals surface area contributed by atoms with Crippen LogP contribution in [0.3, 0.4) is 0 Å². The molecule has 0 bridgehead atoms. The normalized spacial score (nSPS) is 15.6. The van der Waals surface area contributed by atoms with E-state index in [4.69, 9.17) is 9.72 Å². The molecule has 2 aromatic heterocycles. The quantitative estimate of drug-likeness (QED) is 0.257. The first kappa shape index (κ1) is 29.4. The molecule has 41 heavy (non-hydrogen) atoms. The minimum absolute atomic E-state index is 0.122. The molecule has 2 aliphatic heterocycles. The van der Waals surface area contributed by atoms with E-state index in [1.807, 2.05) is 18.3 Å². The standard InChI is InChI=1S/C34H49N5O2/c1-25(2)14-19-38(20-15-26(3)4)34(40)28-11-13-32-35-33(27-10-12-29-31(23-27)41-22-21-36(29)5)30(39(32)24-28)9-8-18-37-16-6-7-17-37/h10-13,23-26H,6-9,14-22H2,1-5H3. The minimum Gasteiger partial charge on any atom is -0.490 e. The summed E-state index contributed by atoms with van der Waals surface area (Å²) in [7, 11) is 2.11. The van der Waals surface area contributed by atoms with Crippen LogP contribution in [0, 0.1) is 11.8 Å². The molecular formula is C34H49N5O2. The number of fused-ring (bicyclic) bond motifs is 2. The summed E-state index contributed by atoms with van der Waals surface area (Å²) in [5, 5.41) is 0. The maximum absolute atomic E-state index is 13.8. The van der Waals surface area contributed by atoms with Crippen LogP contribution in [0.25, 0.3) is 16.9 Å². The number of amides is 1. The summed E-state index contributed by atoms with van der Waals surface area (Å²) in [4.78, 5) is 25.8. The van der Waals surface area contributed by atoms with Gasteiger partial charge in [0.05, 0.1) is 29.2 Å². The van der Waals surface area contributed by atoms with Gasteiger partial charge in [-0.2, -0.15) is 0 Å². The molecule has 1 aromatic carbocycles. The molecule has 1 amide bonds. The van der Waals surface area contributed by atoms with Crippen molar-refractivity contribution >= 4 is 17.2 Å². The highest BCUT2D eigenvalue weighted by Gasteiger charge is 2.22. The van der Waals surface area contributed by atoms with E-state index in [1.54, 1.807) is 0 Å². The van der Waals surface area contributed by atoms with Crippen LogP contribution in [-0.4, -0.2) is 78.0 Å². The Bertz CT molecular complexity index is 1310. The molecule has 0 atom stereocenters. The van der Waals surface area contributed by atoms with E-state index in [0.717, 1.165) is 85.8 Å². The van der Waals surface area contributed by atoms with Gasteiger partial charge in [-0.15, -0.1) is 0 Å². The second-order valence-electron chi connectivity index (χ2n) is 12.8. The second-order valence-corrected chi connectivity index (χ2v) is 12.8. The van der Waals surface area contributed by atoms with Gasteiger partial charge in [0.2, 0.25) is 0 Å². The van der Waals surface area contributed by atoms with E-state index in [0.29, 0.717) is 18.4 Å². The Morgan fingerprint density at radius 2 is 1.73 bits per heavy atom. The topological polar surface area (TPSA) is 53.3 Å². The van der Waals surface area contributed by atoms with E-state index in [-0.39, 0.29) is 5.91 Å². The van der Waals surface area contributed by atoms with Crippen molar-refractivity contribution in [1.29, 1.82) is 0 Å². The van der Waals surface area contributed by atoms with Crippen molar-refractivity contribution in [2.24, 2.45) is 11.8 Å². The van der Waals surface area contributed by atoms with E-state index in [9.17, 15) is 4.79 Å². The Hall–Kier alpha value is -3.06. The Labute approximate surface area is 246 Å². The van der Waals surface area contributed by atoms with Gasteiger partial charge in [-0.3, -0.25) is 4.79 Å². The van der Waals surface area contributed by atoms with Crippen LogP contribution in [0.5, 0.6) is 5.75 Å². The highest BCUT2D eigenvalue weighted by atomic mass is 16.5. The summed E-state index contributed by atoms with van der Waals surface area (Å²) in [6, 6.07) is 10.4. The molecule has 7 nitrogen and oxygen atoms in total. The molecule has 4 heterocycles. The number of anilines is 1. The lowest BCUT2D eigenvalue weighted by atomic mass is 10.1. The number of pyridine rings is 1. The van der Waals surface area contributed by atoms with Gasteiger partial charge in [0.1, 0.15) is 18.0 Å². The number of likely N-dealkylation sites (tertiary alicyclic amines) is 1. The molecule has 1 saturated heterocycles. The van der Waals surface area contributed by atoms with Crippen LogP contribution in [-0.2, 0) is 6.42 Å². The lowest BCUT2D eigenvalue weighted by Crippen LogP contribution is -2.34. The maximum atomic E-state index is 13.8. The third-order valence-electron chi connectivity index (χ3n) is 8.62. The fraction of sp³-hybridized carbons (Fsp3) is 0.588. The summed E-state index contributed by atoms with van der Waals surface area (Å²) in [5.74, 6) is 2.16. The average Bonchev–Trinajstić information content (AvgIpc) is 3.60. The van der Waals surface area contributed by atoms with Crippen molar-refractivity contribution in [3.63, 3.8) is 0 Å². The molecule has 0 aliphatic carbocycles. The van der Waals surface area contributed by atoms with Gasteiger partial charge in [0.25, 0.3) is 5.91 Å². The van der Waals surface area contributed by atoms with Gasteiger partial charge in [-0.25, -0.2) is 4.98 Å². The summed E-state index contributed by atoms with van der Waals surface area (Å²) in [6.45, 7) is 15.6. The number of hydrogen-bond acceptors (Lipinski definition) is 5. The lowest BCUT2D eigenvalue weighted by Gasteiger charge is -2.27. The molecular weight excluding hydrogens is 510 g/mol. The minimum atomic E-state index is 0.122. The van der Waals surface area contributed by atoms with Crippen LogP contribution in [0.15, 0.2) is 36.5 Å². The SMILES string of the molecule is CC(C)CCN(CCC(C)C)C(=O)c1ccc2nc(-c3ccc4c(c3)OCCN4C)c(CCCN3CCCC3)n2c1. The summed E-state index contributed by atoms with van der Waals surface area (Å²) < 4.78 is 8.22. The number of nitrogens with zero attached hydrogens (tertiary/aromatic N) is 5. The summed E-state index contributed by atoms with van der Waals surface area (Å²) in [5.41, 5.74) is 5.99. The Morgan fingerprint density at radius 1 is 1.00 bits per heavy atom. The third-order valence-corrected chi connectivity index (χ3v) is 8.62. The molecule has 1 fully saturated rings. The number of benzene rings is 1. The molecule has 0 radical (unpaired) electrons. The molecule has 0 spiro atoms. The van der Waals surface area contributed by atoms with E-state index in [1.165, 1.54) is 31.6 Å². The number of imidazole rings is 1. The van der Waals surface area contributed by atoms with Crippen molar-refractivity contribution in [2.45, 2.75) is 66.2 Å². The summed E-state index contributed by atoms with van der Waals surface area (Å²) in [6.07, 6.45) is 8.65. The maximum Gasteiger partial charge on any atom is 0.255 e. The molecule has 0 unspecified atom stereocenters. The zero-order valence-corrected chi connectivity index (χ0v) is 25.9.